The standard InChI is InChI=1S/C20H23NO4/c1-13-19(25-13)18(21-15-9-11-16(23-2)12-10-15)17(20(22)24-3)14-7-5-4-6-8-14/h4-13,17-19,21H,1-3H3/t13-,17?,18?,19+/m0/s1. The Morgan fingerprint density at radius 2 is 1.72 bits per heavy atom. The first-order valence-corrected chi connectivity index (χ1v) is 8.33. The lowest BCUT2D eigenvalue weighted by Gasteiger charge is -2.26. The van der Waals surface area contributed by atoms with Crippen molar-refractivity contribution in [2.75, 3.05) is 19.5 Å². The van der Waals surface area contributed by atoms with Crippen LogP contribution in [0.15, 0.2) is 54.6 Å². The lowest BCUT2D eigenvalue weighted by molar-refractivity contribution is -0.143. The average molecular weight is 341 g/mol. The van der Waals surface area contributed by atoms with Crippen LogP contribution in [0.2, 0.25) is 0 Å². The highest BCUT2D eigenvalue weighted by atomic mass is 16.6. The van der Waals surface area contributed by atoms with Gasteiger partial charge in [-0.05, 0) is 36.8 Å². The van der Waals surface area contributed by atoms with Gasteiger partial charge in [-0.25, -0.2) is 0 Å². The molecule has 2 aromatic carbocycles. The molecular weight excluding hydrogens is 318 g/mol. The number of hydrogen-bond acceptors (Lipinski definition) is 5. The molecule has 4 atom stereocenters. The first-order chi connectivity index (χ1) is 12.1. The molecule has 1 fully saturated rings. The summed E-state index contributed by atoms with van der Waals surface area (Å²) in [5.74, 6) is 0.0499. The highest BCUT2D eigenvalue weighted by Gasteiger charge is 2.48. The number of benzene rings is 2. The minimum absolute atomic E-state index is 0.0496. The predicted octanol–water partition coefficient (Wildman–Crippen LogP) is 3.22. The van der Waals surface area contributed by atoms with E-state index in [0.29, 0.717) is 0 Å². The molecule has 1 heterocycles. The molecule has 3 rings (SSSR count). The maximum Gasteiger partial charge on any atom is 0.315 e. The van der Waals surface area contributed by atoms with Gasteiger partial charge in [0.25, 0.3) is 0 Å². The summed E-state index contributed by atoms with van der Waals surface area (Å²) in [4.78, 5) is 12.5. The number of esters is 1. The number of ether oxygens (including phenoxy) is 3. The minimum atomic E-state index is -0.455. The van der Waals surface area contributed by atoms with Crippen LogP contribution in [0.25, 0.3) is 0 Å². The maximum atomic E-state index is 12.5. The molecule has 0 saturated carbocycles. The van der Waals surface area contributed by atoms with Crippen LogP contribution in [0.1, 0.15) is 18.4 Å². The number of anilines is 1. The zero-order valence-electron chi connectivity index (χ0n) is 14.6. The predicted molar refractivity (Wildman–Crippen MR) is 95.9 cm³/mol. The van der Waals surface area contributed by atoms with Crippen LogP contribution in [0.5, 0.6) is 5.75 Å². The van der Waals surface area contributed by atoms with Gasteiger partial charge >= 0.3 is 5.97 Å². The molecule has 2 unspecified atom stereocenters. The van der Waals surface area contributed by atoms with Crippen molar-refractivity contribution in [3.8, 4) is 5.75 Å². The lowest BCUT2D eigenvalue weighted by Crippen LogP contribution is -2.38. The number of epoxide rings is 1. The molecule has 5 heteroatoms. The van der Waals surface area contributed by atoms with Crippen molar-refractivity contribution in [1.29, 1.82) is 0 Å². The van der Waals surface area contributed by atoms with E-state index in [1.54, 1.807) is 7.11 Å². The van der Waals surface area contributed by atoms with E-state index in [0.717, 1.165) is 17.0 Å². The zero-order chi connectivity index (χ0) is 17.8. The Morgan fingerprint density at radius 3 is 2.24 bits per heavy atom. The van der Waals surface area contributed by atoms with Crippen LogP contribution in [0.4, 0.5) is 5.69 Å². The van der Waals surface area contributed by atoms with Crippen LogP contribution < -0.4 is 10.1 Å². The van der Waals surface area contributed by atoms with Crippen molar-refractivity contribution in [3.05, 3.63) is 60.2 Å². The van der Waals surface area contributed by atoms with Gasteiger partial charge in [0.15, 0.2) is 0 Å². The topological polar surface area (TPSA) is 60.1 Å². The molecule has 0 radical (unpaired) electrons. The Balaban J connectivity index is 1.90. The molecule has 0 bridgehead atoms. The fraction of sp³-hybridized carbons (Fsp3) is 0.350. The zero-order valence-corrected chi connectivity index (χ0v) is 14.6. The van der Waals surface area contributed by atoms with E-state index in [4.69, 9.17) is 14.2 Å². The highest BCUT2D eigenvalue weighted by molar-refractivity contribution is 5.80. The van der Waals surface area contributed by atoms with Crippen molar-refractivity contribution in [3.63, 3.8) is 0 Å². The van der Waals surface area contributed by atoms with Gasteiger partial charge in [-0.1, -0.05) is 30.3 Å². The largest absolute Gasteiger partial charge is 0.497 e. The van der Waals surface area contributed by atoms with Gasteiger partial charge in [-0.3, -0.25) is 4.79 Å². The third-order valence-electron chi connectivity index (χ3n) is 4.51. The van der Waals surface area contributed by atoms with E-state index >= 15 is 0 Å². The normalized spacial score (nSPS) is 21.1. The van der Waals surface area contributed by atoms with Crippen LogP contribution in [0, 0.1) is 0 Å². The van der Waals surface area contributed by atoms with Crippen molar-refractivity contribution in [1.82, 2.24) is 0 Å². The third kappa shape index (κ3) is 3.94. The molecule has 0 amide bonds. The summed E-state index contributed by atoms with van der Waals surface area (Å²) in [6, 6.07) is 17.1. The Bertz CT molecular complexity index is 701. The average Bonchev–Trinajstić information content (AvgIpc) is 3.38. The summed E-state index contributed by atoms with van der Waals surface area (Å²) >= 11 is 0. The molecule has 1 saturated heterocycles. The second-order valence-electron chi connectivity index (χ2n) is 6.12. The van der Waals surface area contributed by atoms with Crippen molar-refractivity contribution in [2.45, 2.75) is 31.1 Å². The number of methoxy groups -OCH3 is 2. The van der Waals surface area contributed by atoms with Crippen molar-refractivity contribution in [2.24, 2.45) is 0 Å². The first kappa shape index (κ1) is 17.3. The molecule has 1 N–H and O–H groups in total. The van der Waals surface area contributed by atoms with Gasteiger partial charge in [0.05, 0.1) is 26.4 Å². The van der Waals surface area contributed by atoms with E-state index in [1.807, 2.05) is 61.5 Å². The molecule has 5 nitrogen and oxygen atoms in total. The molecule has 1 aliphatic rings. The van der Waals surface area contributed by atoms with Gasteiger partial charge < -0.3 is 19.5 Å². The smallest absolute Gasteiger partial charge is 0.315 e. The summed E-state index contributed by atoms with van der Waals surface area (Å²) in [7, 11) is 3.05. The quantitative estimate of drug-likeness (QED) is 0.619. The fourth-order valence-electron chi connectivity index (χ4n) is 3.09. The molecule has 0 aromatic heterocycles. The van der Waals surface area contributed by atoms with Gasteiger partial charge in [-0.15, -0.1) is 0 Å². The first-order valence-electron chi connectivity index (χ1n) is 8.33. The number of nitrogens with one attached hydrogen (secondary N) is 1. The van der Waals surface area contributed by atoms with Gasteiger partial charge in [0, 0.05) is 5.69 Å². The molecule has 0 spiro atoms. The number of rotatable bonds is 7. The summed E-state index contributed by atoms with van der Waals surface area (Å²) in [6.45, 7) is 2.01. The van der Waals surface area contributed by atoms with E-state index in [9.17, 15) is 4.79 Å². The molecular formula is C20H23NO4. The van der Waals surface area contributed by atoms with Crippen LogP contribution in [0.3, 0.4) is 0 Å². The molecule has 132 valence electrons. The Kier molecular flexibility index (Phi) is 5.24. The Morgan fingerprint density at radius 1 is 1.08 bits per heavy atom. The van der Waals surface area contributed by atoms with Gasteiger partial charge in [0.2, 0.25) is 0 Å². The summed E-state index contributed by atoms with van der Waals surface area (Å²) in [5, 5.41) is 3.46. The van der Waals surface area contributed by atoms with Gasteiger partial charge in [-0.2, -0.15) is 0 Å². The van der Waals surface area contributed by atoms with E-state index in [-0.39, 0.29) is 24.2 Å². The second kappa shape index (κ2) is 7.57. The van der Waals surface area contributed by atoms with E-state index in [2.05, 4.69) is 5.32 Å². The van der Waals surface area contributed by atoms with Gasteiger partial charge in [0.1, 0.15) is 17.8 Å². The molecule has 2 aromatic rings. The lowest BCUT2D eigenvalue weighted by atomic mass is 9.88. The van der Waals surface area contributed by atoms with Crippen molar-refractivity contribution < 1.29 is 19.0 Å². The highest BCUT2D eigenvalue weighted by Crippen LogP contribution is 2.36. The third-order valence-corrected chi connectivity index (χ3v) is 4.51. The number of hydrogen-bond donors (Lipinski definition) is 1. The summed E-state index contributed by atoms with van der Waals surface area (Å²) in [5.41, 5.74) is 1.81. The second-order valence-corrected chi connectivity index (χ2v) is 6.12. The Hall–Kier alpha value is -2.53. The van der Waals surface area contributed by atoms with Crippen molar-refractivity contribution >= 4 is 11.7 Å². The van der Waals surface area contributed by atoms with E-state index < -0.39 is 5.92 Å². The summed E-state index contributed by atoms with van der Waals surface area (Å²) in [6.07, 6.45) is 0.0537. The SMILES string of the molecule is COC(=O)C(c1ccccc1)C(Nc1ccc(OC)cc1)[C@@H]1O[C@H]1C. The minimum Gasteiger partial charge on any atom is -0.497 e. The fourth-order valence-corrected chi connectivity index (χ4v) is 3.09. The monoisotopic (exact) mass is 341 g/mol. The summed E-state index contributed by atoms with van der Waals surface area (Å²) < 4.78 is 16.0. The molecule has 25 heavy (non-hydrogen) atoms. The van der Waals surface area contributed by atoms with Crippen LogP contribution in [-0.2, 0) is 14.3 Å². The van der Waals surface area contributed by atoms with E-state index in [1.165, 1.54) is 7.11 Å². The number of carbonyl (C=O) groups excluding carboxylic acids is 1. The molecule has 0 aliphatic carbocycles. The van der Waals surface area contributed by atoms with Crippen LogP contribution >= 0.6 is 0 Å². The maximum absolute atomic E-state index is 12.5. The Labute approximate surface area is 147 Å². The molecule has 1 aliphatic heterocycles. The van der Waals surface area contributed by atoms with Crippen LogP contribution in [-0.4, -0.2) is 38.4 Å². The number of carbonyl (C=O) groups is 1.